The number of carbonyl (C=O) groups excluding carboxylic acids is 6. The number of hydrogen-bond donors (Lipinski definition) is 3. The summed E-state index contributed by atoms with van der Waals surface area (Å²) >= 11 is 0. The van der Waals surface area contributed by atoms with Crippen LogP contribution in [0.15, 0.2) is 60.7 Å². The minimum Gasteiger partial charge on any atom is -0.461 e. The van der Waals surface area contributed by atoms with Gasteiger partial charge in [0.2, 0.25) is 17.7 Å². The predicted octanol–water partition coefficient (Wildman–Crippen LogP) is 7.18. The molecule has 19 nitrogen and oxygen atoms in total. The van der Waals surface area contributed by atoms with Gasteiger partial charge in [-0.15, -0.1) is 0 Å². The normalized spacial score (nSPS) is 11.3. The Hall–Kier alpha value is -4.86. The molecule has 2 aromatic rings. The van der Waals surface area contributed by atoms with Crippen LogP contribution < -0.4 is 16.0 Å². The first kappa shape index (κ1) is 69.2. The van der Waals surface area contributed by atoms with E-state index in [2.05, 4.69) is 16.0 Å². The van der Waals surface area contributed by atoms with Crippen LogP contribution in [0.1, 0.15) is 134 Å². The van der Waals surface area contributed by atoms with E-state index in [-0.39, 0.29) is 86.5 Å². The van der Waals surface area contributed by atoms with Gasteiger partial charge in [0.15, 0.2) is 0 Å². The molecule has 78 heavy (non-hydrogen) atoms. The maximum atomic E-state index is 12.4. The summed E-state index contributed by atoms with van der Waals surface area (Å²) in [5.74, 6) is -0.440. The topological polar surface area (TPSA) is 231 Å². The Bertz CT molecular complexity index is 1820. The van der Waals surface area contributed by atoms with E-state index in [0.29, 0.717) is 138 Å². The van der Waals surface area contributed by atoms with Crippen LogP contribution in [0.4, 0.5) is 0 Å². The Kier molecular flexibility index (Phi) is 43.7. The van der Waals surface area contributed by atoms with Crippen molar-refractivity contribution in [1.29, 1.82) is 0 Å². The molecule has 0 saturated carbocycles. The summed E-state index contributed by atoms with van der Waals surface area (Å²) in [6, 6.07) is 19.0. The molecule has 442 valence electrons. The lowest BCUT2D eigenvalue weighted by atomic mass is 9.96. The summed E-state index contributed by atoms with van der Waals surface area (Å²) in [7, 11) is 0. The van der Waals surface area contributed by atoms with Crippen LogP contribution in [0.25, 0.3) is 0 Å². The van der Waals surface area contributed by atoms with E-state index in [1.54, 1.807) is 0 Å². The van der Waals surface area contributed by atoms with Gasteiger partial charge in [0.25, 0.3) is 0 Å². The van der Waals surface area contributed by atoms with Gasteiger partial charge in [0.1, 0.15) is 19.0 Å². The molecule has 0 spiro atoms. The van der Waals surface area contributed by atoms with E-state index in [1.807, 2.05) is 74.5 Å². The number of unbranched alkanes of at least 4 members (excludes halogenated alkanes) is 8. The van der Waals surface area contributed by atoms with Crippen molar-refractivity contribution in [3.8, 4) is 0 Å². The zero-order valence-electron chi connectivity index (χ0n) is 47.2. The molecule has 0 aliphatic heterocycles. The second-order valence-corrected chi connectivity index (χ2v) is 19.6. The van der Waals surface area contributed by atoms with Gasteiger partial charge in [-0.2, -0.15) is 0 Å². The van der Waals surface area contributed by atoms with E-state index in [4.69, 9.17) is 47.4 Å². The molecule has 0 atom stereocenters. The van der Waals surface area contributed by atoms with Gasteiger partial charge in [-0.3, -0.25) is 28.8 Å². The first-order valence-electron chi connectivity index (χ1n) is 28.4. The third kappa shape index (κ3) is 45.1. The Balaban J connectivity index is 1.24. The van der Waals surface area contributed by atoms with Crippen molar-refractivity contribution in [2.75, 3.05) is 125 Å². The number of rotatable bonds is 54. The third-order valence-corrected chi connectivity index (χ3v) is 11.8. The summed E-state index contributed by atoms with van der Waals surface area (Å²) in [6.45, 7) is 12.2. The van der Waals surface area contributed by atoms with E-state index >= 15 is 0 Å². The number of hydrogen-bond acceptors (Lipinski definition) is 16. The highest BCUT2D eigenvalue weighted by Crippen LogP contribution is 2.17. The van der Waals surface area contributed by atoms with Gasteiger partial charge in [0.05, 0.1) is 119 Å². The van der Waals surface area contributed by atoms with E-state index in [1.165, 1.54) is 0 Å². The van der Waals surface area contributed by atoms with E-state index in [9.17, 15) is 28.8 Å². The summed E-state index contributed by atoms with van der Waals surface area (Å²) in [5.41, 5.74) is 1.64. The molecule has 19 heteroatoms. The fraction of sp³-hybridized carbons (Fsp3) is 0.695. The Morgan fingerprint density at radius 2 is 0.692 bits per heavy atom. The predicted molar refractivity (Wildman–Crippen MR) is 295 cm³/mol. The molecule has 0 bridgehead atoms. The highest BCUT2D eigenvalue weighted by molar-refractivity contribution is 5.78. The molecule has 3 N–H and O–H groups in total. The van der Waals surface area contributed by atoms with Crippen LogP contribution in [0, 0.1) is 5.41 Å². The molecule has 0 saturated heterocycles. The summed E-state index contributed by atoms with van der Waals surface area (Å²) in [4.78, 5) is 72.5. The summed E-state index contributed by atoms with van der Waals surface area (Å²) in [5, 5.41) is 8.68. The molecule has 0 fully saturated rings. The van der Waals surface area contributed by atoms with Gasteiger partial charge >= 0.3 is 11.9 Å². The highest BCUT2D eigenvalue weighted by Gasteiger charge is 2.19. The Morgan fingerprint density at radius 3 is 1.15 bits per heavy atom. The second kappa shape index (κ2) is 49.2. The SMILES string of the molecule is CC(C)(COCCC(=O)CCCCCCCCC(=O)NCCOCCOCCOCCC(=O)OCc1ccccc1)COCCC(=O)NCCCCCCC(=O)NCCOCCOCCOCCC(=O)OCc1ccccc1. The standard InChI is InChI=1S/C59H95N3O16/c1-59(2,50-76-34-27-56(66)60-30-18-8-7-17-25-55(65)62-32-38-72-42-46-74-44-40-70-36-29-58(68)78-48-52-21-13-10-14-22-52)49-75-33-26-53(63)23-15-5-3-4-6-16-24-54(64)61-31-37-71-41-45-73-43-39-69-35-28-57(67)77-47-51-19-11-9-12-20-51/h9-14,19-22H,3-8,15-18,23-50H2,1-2H3,(H,60,66)(H,61,64)(H,62,65). The number of esters is 2. The van der Waals surface area contributed by atoms with Gasteiger partial charge in [-0.05, 0) is 36.8 Å². The molecular formula is C59H95N3O16. The van der Waals surface area contributed by atoms with Crippen molar-refractivity contribution >= 4 is 35.4 Å². The van der Waals surface area contributed by atoms with Crippen molar-refractivity contribution in [3.05, 3.63) is 71.8 Å². The van der Waals surface area contributed by atoms with Crippen LogP contribution in [-0.2, 0) is 89.3 Å². The molecule has 0 heterocycles. The quantitative estimate of drug-likeness (QED) is 0.0440. The van der Waals surface area contributed by atoms with Crippen molar-refractivity contribution in [1.82, 2.24) is 16.0 Å². The van der Waals surface area contributed by atoms with Gasteiger partial charge in [-0.25, -0.2) is 0 Å². The lowest BCUT2D eigenvalue weighted by Gasteiger charge is -2.24. The average molecular weight is 1100 g/mol. The van der Waals surface area contributed by atoms with Crippen LogP contribution in [0.5, 0.6) is 0 Å². The van der Waals surface area contributed by atoms with E-state index < -0.39 is 0 Å². The monoisotopic (exact) mass is 1100 g/mol. The maximum absolute atomic E-state index is 12.4. The first-order chi connectivity index (χ1) is 38.0. The smallest absolute Gasteiger partial charge is 0.308 e. The minimum absolute atomic E-state index is 0.00754. The second-order valence-electron chi connectivity index (χ2n) is 19.6. The third-order valence-electron chi connectivity index (χ3n) is 11.8. The Labute approximate surface area is 464 Å². The number of amides is 3. The molecule has 0 aromatic heterocycles. The van der Waals surface area contributed by atoms with Gasteiger partial charge in [-0.1, -0.05) is 113 Å². The molecule has 0 radical (unpaired) electrons. The molecule has 0 aliphatic carbocycles. The number of Topliss-reactive ketones (excluding diaryl/α,β-unsaturated/α-hetero) is 1. The minimum atomic E-state index is -0.303. The molecule has 2 rings (SSSR count). The number of nitrogens with one attached hydrogen (secondary N) is 3. The number of ether oxygens (including phenoxy) is 10. The maximum Gasteiger partial charge on any atom is 0.308 e. The largest absolute Gasteiger partial charge is 0.461 e. The number of carbonyl (C=O) groups is 6. The molecule has 0 aliphatic rings. The van der Waals surface area contributed by atoms with Crippen LogP contribution >= 0.6 is 0 Å². The van der Waals surface area contributed by atoms with Gasteiger partial charge < -0.3 is 63.3 Å². The zero-order valence-corrected chi connectivity index (χ0v) is 47.2. The molecule has 2 aromatic carbocycles. The fourth-order valence-electron chi connectivity index (χ4n) is 7.33. The molecule has 3 amide bonds. The van der Waals surface area contributed by atoms with Crippen LogP contribution in [-0.4, -0.2) is 161 Å². The van der Waals surface area contributed by atoms with Crippen molar-refractivity contribution in [2.45, 2.75) is 136 Å². The molecule has 0 unspecified atom stereocenters. The highest BCUT2D eigenvalue weighted by atomic mass is 16.6. The van der Waals surface area contributed by atoms with E-state index in [0.717, 1.165) is 75.3 Å². The lowest BCUT2D eigenvalue weighted by Crippen LogP contribution is -2.28. The summed E-state index contributed by atoms with van der Waals surface area (Å²) < 4.78 is 54.8. The molecular weight excluding hydrogens is 1010 g/mol. The summed E-state index contributed by atoms with van der Waals surface area (Å²) in [6.07, 6.45) is 11.7. The van der Waals surface area contributed by atoms with Crippen molar-refractivity contribution in [2.24, 2.45) is 5.41 Å². The number of ketones is 1. The average Bonchev–Trinajstić information content (AvgIpc) is 3.43. The van der Waals surface area contributed by atoms with Crippen LogP contribution in [0.3, 0.4) is 0 Å². The van der Waals surface area contributed by atoms with Gasteiger partial charge in [0, 0.05) is 57.2 Å². The fourth-order valence-corrected chi connectivity index (χ4v) is 7.33. The first-order valence-corrected chi connectivity index (χ1v) is 28.4. The number of benzene rings is 2. The van der Waals surface area contributed by atoms with Crippen molar-refractivity contribution < 1.29 is 76.1 Å². The zero-order chi connectivity index (χ0) is 56.3. The Morgan fingerprint density at radius 1 is 0.346 bits per heavy atom. The van der Waals surface area contributed by atoms with Crippen molar-refractivity contribution in [3.63, 3.8) is 0 Å². The lowest BCUT2D eigenvalue weighted by molar-refractivity contribution is -0.147. The van der Waals surface area contributed by atoms with Crippen LogP contribution in [0.2, 0.25) is 0 Å².